The van der Waals surface area contributed by atoms with E-state index in [-0.39, 0.29) is 11.7 Å². The molecule has 0 aliphatic carbocycles. The van der Waals surface area contributed by atoms with Crippen LogP contribution in [-0.2, 0) is 0 Å². The van der Waals surface area contributed by atoms with Gasteiger partial charge in [0.05, 0.1) is 18.1 Å². The van der Waals surface area contributed by atoms with Gasteiger partial charge in [-0.1, -0.05) is 22.9 Å². The van der Waals surface area contributed by atoms with Gasteiger partial charge in [0.25, 0.3) is 0 Å². The topological polar surface area (TPSA) is 26.3 Å². The zero-order valence-electron chi connectivity index (χ0n) is 8.43. The fourth-order valence-corrected chi connectivity index (χ4v) is 1.64. The van der Waals surface area contributed by atoms with Crippen molar-refractivity contribution in [3.05, 3.63) is 28.2 Å². The third-order valence-electron chi connectivity index (χ3n) is 1.83. The van der Waals surface area contributed by atoms with Gasteiger partial charge in [-0.25, -0.2) is 0 Å². The molecule has 0 saturated carbocycles. The smallest absolute Gasteiger partial charge is 0.181 e. The Hall–Kier alpha value is -0.540. The van der Waals surface area contributed by atoms with E-state index in [9.17, 15) is 4.79 Å². The Balaban J connectivity index is 2.97. The third kappa shape index (κ3) is 3.50. The van der Waals surface area contributed by atoms with Gasteiger partial charge in [-0.3, -0.25) is 4.79 Å². The molecule has 0 amide bonds. The number of ether oxygens (including phenoxy) is 1. The second kappa shape index (κ2) is 6.13. The van der Waals surface area contributed by atoms with E-state index in [1.807, 2.05) is 13.0 Å². The van der Waals surface area contributed by atoms with Gasteiger partial charge >= 0.3 is 0 Å². The van der Waals surface area contributed by atoms with Crippen LogP contribution in [-0.4, -0.2) is 18.3 Å². The predicted molar refractivity (Wildman–Crippen MR) is 65.0 cm³/mol. The fraction of sp³-hybridized carbons (Fsp3) is 0.364. The lowest BCUT2D eigenvalue weighted by Gasteiger charge is -2.09. The number of carbonyl (C=O) groups is 1. The average molecular weight is 292 g/mol. The van der Waals surface area contributed by atoms with Crippen LogP contribution in [0.2, 0.25) is 0 Å². The lowest BCUT2D eigenvalue weighted by molar-refractivity contribution is 0.101. The Morgan fingerprint density at radius 3 is 2.87 bits per heavy atom. The molecule has 2 nitrogen and oxygen atoms in total. The third-order valence-corrected chi connectivity index (χ3v) is 2.56. The highest BCUT2D eigenvalue weighted by molar-refractivity contribution is 9.10. The van der Waals surface area contributed by atoms with E-state index in [0.29, 0.717) is 17.9 Å². The summed E-state index contributed by atoms with van der Waals surface area (Å²) in [5.74, 6) is 0.452. The molecule has 0 heterocycles. The number of ketones is 1. The molecule has 1 aromatic rings. The van der Waals surface area contributed by atoms with Crippen molar-refractivity contribution in [3.8, 4) is 5.75 Å². The van der Waals surface area contributed by atoms with Crippen LogP contribution in [0, 0.1) is 0 Å². The maximum atomic E-state index is 11.5. The molecule has 1 rings (SSSR count). The van der Waals surface area contributed by atoms with Crippen LogP contribution < -0.4 is 4.74 Å². The van der Waals surface area contributed by atoms with Crippen molar-refractivity contribution in [2.75, 3.05) is 12.5 Å². The quantitative estimate of drug-likeness (QED) is 0.611. The molecule has 0 aliphatic heterocycles. The Morgan fingerprint density at radius 1 is 1.53 bits per heavy atom. The van der Waals surface area contributed by atoms with E-state index in [0.717, 1.165) is 10.9 Å². The van der Waals surface area contributed by atoms with Crippen LogP contribution in [0.5, 0.6) is 5.75 Å². The van der Waals surface area contributed by atoms with Gasteiger partial charge in [0, 0.05) is 4.47 Å². The van der Waals surface area contributed by atoms with Crippen molar-refractivity contribution >= 4 is 33.3 Å². The lowest BCUT2D eigenvalue weighted by atomic mass is 10.1. The van der Waals surface area contributed by atoms with Crippen LogP contribution in [0.4, 0.5) is 0 Å². The van der Waals surface area contributed by atoms with E-state index in [1.165, 1.54) is 0 Å². The van der Waals surface area contributed by atoms with Crippen molar-refractivity contribution in [2.45, 2.75) is 13.3 Å². The molecule has 0 atom stereocenters. The first kappa shape index (κ1) is 12.5. The normalized spacial score (nSPS) is 10.1. The molecule has 82 valence electrons. The highest BCUT2D eigenvalue weighted by atomic mass is 79.9. The van der Waals surface area contributed by atoms with Crippen molar-refractivity contribution in [2.24, 2.45) is 0 Å². The molecule has 0 unspecified atom stereocenters. The number of Topliss-reactive ketones (excluding diaryl/α,β-unsaturated/α-hetero) is 1. The predicted octanol–water partition coefficient (Wildman–Crippen LogP) is 3.66. The van der Waals surface area contributed by atoms with Gasteiger partial charge in [0.1, 0.15) is 5.75 Å². The minimum atomic E-state index is -0.121. The lowest BCUT2D eigenvalue weighted by Crippen LogP contribution is -2.05. The summed E-state index contributed by atoms with van der Waals surface area (Å²) in [6.07, 6.45) is 0.907. The number of alkyl halides is 1. The summed E-state index contributed by atoms with van der Waals surface area (Å²) >= 11 is 8.84. The van der Waals surface area contributed by atoms with Crippen LogP contribution >= 0.6 is 27.5 Å². The van der Waals surface area contributed by atoms with Crippen molar-refractivity contribution < 1.29 is 9.53 Å². The highest BCUT2D eigenvalue weighted by Crippen LogP contribution is 2.24. The van der Waals surface area contributed by atoms with Gasteiger partial charge in [0.2, 0.25) is 0 Å². The molecular formula is C11H12BrClO2. The minimum Gasteiger partial charge on any atom is -0.493 e. The summed E-state index contributed by atoms with van der Waals surface area (Å²) < 4.78 is 6.31. The standard InChI is InChI=1S/C11H12BrClO2/c1-2-5-15-11-4-3-8(12)6-9(11)10(14)7-13/h3-4,6H,2,5,7H2,1H3. The maximum Gasteiger partial charge on any atom is 0.181 e. The summed E-state index contributed by atoms with van der Waals surface area (Å²) in [4.78, 5) is 11.5. The molecular weight excluding hydrogens is 279 g/mol. The summed E-state index contributed by atoms with van der Waals surface area (Å²) in [5, 5.41) is 0. The Bertz CT molecular complexity index is 352. The number of hydrogen-bond donors (Lipinski definition) is 0. The van der Waals surface area contributed by atoms with Crippen LogP contribution in [0.25, 0.3) is 0 Å². The maximum absolute atomic E-state index is 11.5. The van der Waals surface area contributed by atoms with Crippen LogP contribution in [0.15, 0.2) is 22.7 Å². The molecule has 0 aliphatic rings. The van der Waals surface area contributed by atoms with Crippen molar-refractivity contribution in [1.29, 1.82) is 0 Å². The number of hydrogen-bond acceptors (Lipinski definition) is 2. The van der Waals surface area contributed by atoms with Gasteiger partial charge in [-0.05, 0) is 24.6 Å². The van der Waals surface area contributed by atoms with Crippen molar-refractivity contribution in [3.63, 3.8) is 0 Å². The molecule has 0 bridgehead atoms. The fourth-order valence-electron chi connectivity index (χ4n) is 1.13. The average Bonchev–Trinajstić information content (AvgIpc) is 2.26. The molecule has 0 radical (unpaired) electrons. The Kier molecular flexibility index (Phi) is 5.12. The zero-order valence-corrected chi connectivity index (χ0v) is 10.8. The van der Waals surface area contributed by atoms with Crippen molar-refractivity contribution in [1.82, 2.24) is 0 Å². The van der Waals surface area contributed by atoms with E-state index in [2.05, 4.69) is 15.9 Å². The molecule has 0 fully saturated rings. The summed E-state index contributed by atoms with van der Waals surface area (Å²) in [6.45, 7) is 2.62. The highest BCUT2D eigenvalue weighted by Gasteiger charge is 2.11. The van der Waals surface area contributed by atoms with Gasteiger partial charge in [-0.2, -0.15) is 0 Å². The van der Waals surface area contributed by atoms with Gasteiger partial charge < -0.3 is 4.74 Å². The first-order valence-electron chi connectivity index (χ1n) is 4.70. The number of rotatable bonds is 5. The molecule has 0 saturated heterocycles. The largest absolute Gasteiger partial charge is 0.493 e. The molecule has 0 spiro atoms. The second-order valence-corrected chi connectivity index (χ2v) is 4.23. The van der Waals surface area contributed by atoms with Gasteiger partial charge in [-0.15, -0.1) is 11.6 Å². The summed E-state index contributed by atoms with van der Waals surface area (Å²) in [5.41, 5.74) is 0.535. The summed E-state index contributed by atoms with van der Waals surface area (Å²) in [7, 11) is 0. The van der Waals surface area contributed by atoms with E-state index in [1.54, 1.807) is 12.1 Å². The first-order valence-corrected chi connectivity index (χ1v) is 6.03. The number of benzene rings is 1. The summed E-state index contributed by atoms with van der Waals surface area (Å²) in [6, 6.07) is 5.35. The molecule has 4 heteroatoms. The van der Waals surface area contributed by atoms with Crippen LogP contribution in [0.3, 0.4) is 0 Å². The number of halogens is 2. The molecule has 0 aromatic heterocycles. The zero-order chi connectivity index (χ0) is 11.3. The Morgan fingerprint density at radius 2 is 2.27 bits per heavy atom. The van der Waals surface area contributed by atoms with E-state index >= 15 is 0 Å². The van der Waals surface area contributed by atoms with E-state index < -0.39 is 0 Å². The van der Waals surface area contributed by atoms with Crippen LogP contribution in [0.1, 0.15) is 23.7 Å². The first-order chi connectivity index (χ1) is 7.19. The monoisotopic (exact) mass is 290 g/mol. The molecule has 15 heavy (non-hydrogen) atoms. The second-order valence-electron chi connectivity index (χ2n) is 3.05. The Labute approximate surface area is 103 Å². The van der Waals surface area contributed by atoms with Gasteiger partial charge in [0.15, 0.2) is 5.78 Å². The number of carbonyl (C=O) groups excluding carboxylic acids is 1. The SMILES string of the molecule is CCCOc1ccc(Br)cc1C(=O)CCl. The molecule has 1 aromatic carbocycles. The van der Waals surface area contributed by atoms with E-state index in [4.69, 9.17) is 16.3 Å². The minimum absolute atomic E-state index is 0.0288. The molecule has 0 N–H and O–H groups in total.